The van der Waals surface area contributed by atoms with Gasteiger partial charge in [0, 0.05) is 24.6 Å². The van der Waals surface area contributed by atoms with Gasteiger partial charge in [0.2, 0.25) is 0 Å². The maximum absolute atomic E-state index is 5.80. The first-order chi connectivity index (χ1) is 11.2. The molecule has 1 fully saturated rings. The molecule has 1 aromatic heterocycles. The van der Waals surface area contributed by atoms with E-state index in [2.05, 4.69) is 54.5 Å². The van der Waals surface area contributed by atoms with E-state index >= 15 is 0 Å². The van der Waals surface area contributed by atoms with Gasteiger partial charge in [-0.1, -0.05) is 30.3 Å². The van der Waals surface area contributed by atoms with Gasteiger partial charge in [-0.05, 0) is 44.6 Å². The molecule has 23 heavy (non-hydrogen) atoms. The number of aryl methyl sites for hydroxylation is 2. The molecule has 1 heterocycles. The van der Waals surface area contributed by atoms with Crippen LogP contribution < -0.4 is 5.32 Å². The summed E-state index contributed by atoms with van der Waals surface area (Å²) < 4.78 is 5.80. The van der Waals surface area contributed by atoms with Crippen LogP contribution in [0.15, 0.2) is 30.3 Å². The van der Waals surface area contributed by atoms with Crippen molar-refractivity contribution < 1.29 is 4.74 Å². The van der Waals surface area contributed by atoms with Crippen LogP contribution in [0.25, 0.3) is 0 Å². The number of thiazole rings is 1. The summed E-state index contributed by atoms with van der Waals surface area (Å²) in [5.41, 5.74) is 2.63. The number of benzene rings is 1. The van der Waals surface area contributed by atoms with E-state index in [9.17, 15) is 0 Å². The lowest BCUT2D eigenvalue weighted by molar-refractivity contribution is 0.0341. The summed E-state index contributed by atoms with van der Waals surface area (Å²) in [5.74, 6) is 0.613. The van der Waals surface area contributed by atoms with Crippen molar-refractivity contribution in [2.75, 3.05) is 7.11 Å². The minimum Gasteiger partial charge on any atom is -0.380 e. The van der Waals surface area contributed by atoms with Crippen molar-refractivity contribution >= 4 is 11.3 Å². The van der Waals surface area contributed by atoms with Gasteiger partial charge in [0.05, 0.1) is 16.8 Å². The Balaban J connectivity index is 1.60. The Labute approximate surface area is 143 Å². The van der Waals surface area contributed by atoms with Crippen molar-refractivity contribution in [2.24, 2.45) is 0 Å². The fourth-order valence-corrected chi connectivity index (χ4v) is 4.45. The molecule has 3 nitrogen and oxygen atoms in total. The molecule has 1 saturated carbocycles. The van der Waals surface area contributed by atoms with E-state index in [-0.39, 0.29) is 6.10 Å². The third-order valence-electron chi connectivity index (χ3n) is 4.90. The second-order valence-corrected chi connectivity index (χ2v) is 7.83. The van der Waals surface area contributed by atoms with Crippen LogP contribution in [-0.2, 0) is 11.3 Å². The van der Waals surface area contributed by atoms with Crippen molar-refractivity contribution in [1.82, 2.24) is 10.3 Å². The van der Waals surface area contributed by atoms with Gasteiger partial charge >= 0.3 is 0 Å². The number of nitrogens with zero attached hydrogens (tertiary/aromatic N) is 1. The van der Waals surface area contributed by atoms with Crippen LogP contribution >= 0.6 is 11.3 Å². The molecule has 3 rings (SSSR count). The Hall–Kier alpha value is -1.23. The van der Waals surface area contributed by atoms with Crippen molar-refractivity contribution in [2.45, 2.75) is 57.7 Å². The van der Waals surface area contributed by atoms with Gasteiger partial charge in [0.25, 0.3) is 0 Å². The van der Waals surface area contributed by atoms with Gasteiger partial charge in [0.1, 0.15) is 0 Å². The molecule has 0 saturated heterocycles. The van der Waals surface area contributed by atoms with Crippen molar-refractivity contribution in [1.29, 1.82) is 0 Å². The highest BCUT2D eigenvalue weighted by Gasteiger charge is 2.31. The number of aromatic nitrogens is 1. The quantitative estimate of drug-likeness (QED) is 0.892. The summed E-state index contributed by atoms with van der Waals surface area (Å²) in [7, 11) is 1.84. The maximum atomic E-state index is 5.80. The van der Waals surface area contributed by atoms with Crippen LogP contribution in [0, 0.1) is 13.8 Å². The minimum atomic E-state index is 0.272. The van der Waals surface area contributed by atoms with Gasteiger partial charge in [-0.15, -0.1) is 11.3 Å². The zero-order valence-corrected chi connectivity index (χ0v) is 15.0. The smallest absolute Gasteiger partial charge is 0.0900 e. The van der Waals surface area contributed by atoms with E-state index in [1.165, 1.54) is 22.6 Å². The molecule has 0 amide bonds. The highest BCUT2D eigenvalue weighted by atomic mass is 32.1. The Morgan fingerprint density at radius 2 is 2.00 bits per heavy atom. The maximum Gasteiger partial charge on any atom is 0.0900 e. The molecule has 1 N–H and O–H groups in total. The molecular formula is C19H26N2OS. The predicted molar refractivity (Wildman–Crippen MR) is 96.0 cm³/mol. The molecule has 1 aliphatic rings. The van der Waals surface area contributed by atoms with Gasteiger partial charge in [-0.25, -0.2) is 4.98 Å². The molecule has 4 heteroatoms. The molecule has 0 unspecified atom stereocenters. The standard InChI is InChI=1S/C19H26N2OS/c1-13-18(21-14(2)23-13)12-20-17-10-9-16(11-19(17)22-3)15-7-5-4-6-8-15/h4-8,16-17,19-20H,9-12H2,1-3H3/t16-,17-,19-/m1/s1. The van der Waals surface area contributed by atoms with Gasteiger partial charge < -0.3 is 10.1 Å². The first-order valence-electron chi connectivity index (χ1n) is 8.41. The lowest BCUT2D eigenvalue weighted by Gasteiger charge is -2.36. The number of rotatable bonds is 5. The van der Waals surface area contributed by atoms with Crippen LogP contribution in [0.2, 0.25) is 0 Å². The van der Waals surface area contributed by atoms with Gasteiger partial charge in [-0.3, -0.25) is 0 Å². The van der Waals surface area contributed by atoms with E-state index in [0.29, 0.717) is 12.0 Å². The largest absolute Gasteiger partial charge is 0.380 e. The van der Waals surface area contributed by atoms with Crippen LogP contribution in [0.3, 0.4) is 0 Å². The Morgan fingerprint density at radius 3 is 2.65 bits per heavy atom. The number of ether oxygens (including phenoxy) is 1. The first-order valence-corrected chi connectivity index (χ1v) is 9.23. The van der Waals surface area contributed by atoms with Crippen molar-refractivity contribution in [3.63, 3.8) is 0 Å². The second-order valence-electron chi connectivity index (χ2n) is 6.42. The fraction of sp³-hybridized carbons (Fsp3) is 0.526. The van der Waals surface area contributed by atoms with E-state index < -0.39 is 0 Å². The Kier molecular flexibility index (Phi) is 5.46. The molecule has 1 aromatic carbocycles. The number of hydrogen-bond acceptors (Lipinski definition) is 4. The summed E-state index contributed by atoms with van der Waals surface area (Å²) in [6.45, 7) is 5.07. The lowest BCUT2D eigenvalue weighted by atomic mass is 9.80. The van der Waals surface area contributed by atoms with Crippen LogP contribution in [0.1, 0.15) is 46.3 Å². The Bertz CT molecular complexity index is 626. The van der Waals surface area contributed by atoms with Crippen LogP contribution in [0.5, 0.6) is 0 Å². The average Bonchev–Trinajstić information content (AvgIpc) is 2.91. The molecule has 0 spiro atoms. The summed E-state index contributed by atoms with van der Waals surface area (Å²) in [5, 5.41) is 4.83. The predicted octanol–water partition coefficient (Wildman–Crippen LogP) is 4.20. The highest BCUT2D eigenvalue weighted by Crippen LogP contribution is 2.34. The monoisotopic (exact) mass is 330 g/mol. The SMILES string of the molecule is CO[C@@H]1C[C@H](c2ccccc2)CC[C@H]1NCc1nc(C)sc1C. The zero-order chi connectivity index (χ0) is 16.2. The summed E-state index contributed by atoms with van der Waals surface area (Å²) in [6, 6.07) is 11.3. The van der Waals surface area contributed by atoms with E-state index in [1.807, 2.05) is 7.11 Å². The number of hydrogen-bond donors (Lipinski definition) is 1. The van der Waals surface area contributed by atoms with E-state index in [1.54, 1.807) is 11.3 Å². The number of nitrogens with one attached hydrogen (secondary N) is 1. The van der Waals surface area contributed by atoms with E-state index in [4.69, 9.17) is 4.74 Å². The normalized spacial score (nSPS) is 24.7. The molecule has 0 radical (unpaired) electrons. The molecule has 0 bridgehead atoms. The van der Waals surface area contributed by atoms with E-state index in [0.717, 1.165) is 24.4 Å². The third-order valence-corrected chi connectivity index (χ3v) is 5.83. The molecule has 124 valence electrons. The molecule has 3 atom stereocenters. The van der Waals surface area contributed by atoms with Crippen LogP contribution in [-0.4, -0.2) is 24.2 Å². The average molecular weight is 330 g/mol. The molecule has 1 aliphatic carbocycles. The highest BCUT2D eigenvalue weighted by molar-refractivity contribution is 7.11. The summed E-state index contributed by atoms with van der Waals surface area (Å²) in [6.07, 6.45) is 3.73. The van der Waals surface area contributed by atoms with Gasteiger partial charge in [-0.2, -0.15) is 0 Å². The van der Waals surface area contributed by atoms with Crippen LogP contribution in [0.4, 0.5) is 0 Å². The van der Waals surface area contributed by atoms with Gasteiger partial charge in [0.15, 0.2) is 0 Å². The summed E-state index contributed by atoms with van der Waals surface area (Å²) in [4.78, 5) is 5.94. The molecular weight excluding hydrogens is 304 g/mol. The topological polar surface area (TPSA) is 34.1 Å². The molecule has 2 aromatic rings. The fourth-order valence-electron chi connectivity index (χ4n) is 3.61. The molecule has 0 aliphatic heterocycles. The summed E-state index contributed by atoms with van der Waals surface area (Å²) >= 11 is 1.78. The second kappa shape index (κ2) is 7.56. The Morgan fingerprint density at radius 1 is 1.22 bits per heavy atom. The zero-order valence-electron chi connectivity index (χ0n) is 14.2. The number of methoxy groups -OCH3 is 1. The first kappa shape index (κ1) is 16.6. The minimum absolute atomic E-state index is 0.272. The van der Waals surface area contributed by atoms with Crippen molar-refractivity contribution in [3.8, 4) is 0 Å². The van der Waals surface area contributed by atoms with Crippen molar-refractivity contribution in [3.05, 3.63) is 51.5 Å². The third kappa shape index (κ3) is 4.00. The lowest BCUT2D eigenvalue weighted by Crippen LogP contribution is -2.44.